The van der Waals surface area contributed by atoms with Gasteiger partial charge >= 0.3 is 6.03 Å². The van der Waals surface area contributed by atoms with Crippen LogP contribution in [0.15, 0.2) is 71.6 Å². The lowest BCUT2D eigenvalue weighted by atomic mass is 9.93. The van der Waals surface area contributed by atoms with Crippen LogP contribution >= 0.6 is 15.9 Å². The number of amides is 2. The van der Waals surface area contributed by atoms with Gasteiger partial charge in [0.1, 0.15) is 5.82 Å². The standard InChI is InChI=1S/C27H28BrN7O/c28-22-17-31-35-25(30-16-18-5-4-10-29-15-18)14-23(32-26(22)35)20-8-11-34(12-9-20)27(36)33-24-13-21(24)19-6-2-1-3-7-19/h1-7,10,14-15,17,20-21,24,30H,8-9,11-13,16H2,(H,33,36). The number of piperidine rings is 1. The molecular formula is C27H28BrN7O. The van der Waals surface area contributed by atoms with E-state index >= 15 is 0 Å². The molecule has 0 spiro atoms. The summed E-state index contributed by atoms with van der Waals surface area (Å²) >= 11 is 3.59. The van der Waals surface area contributed by atoms with Crippen molar-refractivity contribution in [3.05, 3.63) is 88.4 Å². The molecule has 1 aromatic carbocycles. The van der Waals surface area contributed by atoms with E-state index in [1.807, 2.05) is 33.8 Å². The number of nitrogens with zero attached hydrogens (tertiary/aromatic N) is 5. The van der Waals surface area contributed by atoms with Crippen LogP contribution < -0.4 is 10.6 Å². The number of likely N-dealkylation sites (tertiary alicyclic amines) is 1. The molecule has 184 valence electrons. The maximum Gasteiger partial charge on any atom is 0.317 e. The van der Waals surface area contributed by atoms with Gasteiger partial charge in [0.15, 0.2) is 5.65 Å². The summed E-state index contributed by atoms with van der Waals surface area (Å²) in [5.74, 6) is 1.62. The maximum absolute atomic E-state index is 12.9. The van der Waals surface area contributed by atoms with Crippen LogP contribution in [-0.4, -0.2) is 49.6 Å². The monoisotopic (exact) mass is 545 g/mol. The minimum Gasteiger partial charge on any atom is -0.366 e. The van der Waals surface area contributed by atoms with Crippen molar-refractivity contribution >= 4 is 33.4 Å². The number of fused-ring (bicyclic) bond motifs is 1. The molecule has 2 amide bonds. The lowest BCUT2D eigenvalue weighted by Crippen LogP contribution is -2.45. The van der Waals surface area contributed by atoms with Crippen LogP contribution in [0.5, 0.6) is 0 Å². The zero-order chi connectivity index (χ0) is 24.5. The Labute approximate surface area is 218 Å². The molecule has 0 bridgehead atoms. The topological polar surface area (TPSA) is 87.5 Å². The Morgan fingerprint density at radius 1 is 1.08 bits per heavy atom. The van der Waals surface area contributed by atoms with E-state index in [9.17, 15) is 4.79 Å². The molecule has 1 aliphatic carbocycles. The molecule has 6 rings (SSSR count). The molecule has 2 unspecified atom stereocenters. The Morgan fingerprint density at radius 3 is 2.69 bits per heavy atom. The summed E-state index contributed by atoms with van der Waals surface area (Å²) in [4.78, 5) is 24.0. The first-order valence-electron chi connectivity index (χ1n) is 12.4. The van der Waals surface area contributed by atoms with Crippen molar-refractivity contribution in [2.45, 2.75) is 43.7 Å². The summed E-state index contributed by atoms with van der Waals surface area (Å²) in [5.41, 5.74) is 4.23. The summed E-state index contributed by atoms with van der Waals surface area (Å²) in [6, 6.07) is 16.8. The average Bonchev–Trinajstić information content (AvgIpc) is 3.60. The highest BCUT2D eigenvalue weighted by molar-refractivity contribution is 9.10. The largest absolute Gasteiger partial charge is 0.366 e. The summed E-state index contributed by atoms with van der Waals surface area (Å²) in [5, 5.41) is 11.2. The predicted molar refractivity (Wildman–Crippen MR) is 142 cm³/mol. The molecule has 2 atom stereocenters. The molecule has 3 aromatic heterocycles. The molecule has 9 heteroatoms. The lowest BCUT2D eigenvalue weighted by Gasteiger charge is -2.32. The minimum atomic E-state index is 0.0534. The number of hydrogen-bond donors (Lipinski definition) is 2. The van der Waals surface area contributed by atoms with E-state index in [0.717, 1.165) is 59.5 Å². The highest BCUT2D eigenvalue weighted by Crippen LogP contribution is 2.41. The molecule has 4 aromatic rings. The Hall–Kier alpha value is -3.46. The summed E-state index contributed by atoms with van der Waals surface area (Å²) in [6.45, 7) is 2.10. The van der Waals surface area contributed by atoms with Gasteiger partial charge in [-0.25, -0.2) is 9.78 Å². The number of anilines is 1. The number of halogens is 1. The second-order valence-electron chi connectivity index (χ2n) is 9.58. The highest BCUT2D eigenvalue weighted by atomic mass is 79.9. The summed E-state index contributed by atoms with van der Waals surface area (Å²) in [6.07, 6.45) is 8.19. The molecule has 1 aliphatic heterocycles. The highest BCUT2D eigenvalue weighted by Gasteiger charge is 2.40. The van der Waals surface area contributed by atoms with E-state index in [2.05, 4.69) is 67.0 Å². The first-order chi connectivity index (χ1) is 17.7. The second-order valence-corrected chi connectivity index (χ2v) is 10.4. The Balaban J connectivity index is 1.10. The van der Waals surface area contributed by atoms with Gasteiger partial charge in [-0.15, -0.1) is 0 Å². The van der Waals surface area contributed by atoms with Crippen molar-refractivity contribution in [1.82, 2.24) is 29.8 Å². The van der Waals surface area contributed by atoms with Gasteiger partial charge in [0.05, 0.1) is 10.7 Å². The molecule has 36 heavy (non-hydrogen) atoms. The number of carbonyl (C=O) groups excluding carboxylic acids is 1. The van der Waals surface area contributed by atoms with E-state index < -0.39 is 0 Å². The Bertz CT molecular complexity index is 1350. The van der Waals surface area contributed by atoms with Crippen LogP contribution in [0, 0.1) is 0 Å². The maximum atomic E-state index is 12.9. The molecule has 1 saturated heterocycles. The van der Waals surface area contributed by atoms with E-state index in [-0.39, 0.29) is 18.0 Å². The van der Waals surface area contributed by atoms with Crippen molar-refractivity contribution in [2.24, 2.45) is 0 Å². The summed E-state index contributed by atoms with van der Waals surface area (Å²) < 4.78 is 2.69. The third kappa shape index (κ3) is 4.80. The Morgan fingerprint density at radius 2 is 1.92 bits per heavy atom. The molecule has 1 saturated carbocycles. The fraction of sp³-hybridized carbons (Fsp3) is 0.333. The number of nitrogens with one attached hydrogen (secondary N) is 2. The summed E-state index contributed by atoms with van der Waals surface area (Å²) in [7, 11) is 0. The van der Waals surface area contributed by atoms with Crippen LogP contribution in [0.25, 0.3) is 5.65 Å². The van der Waals surface area contributed by atoms with Crippen LogP contribution in [0.1, 0.15) is 47.9 Å². The van der Waals surface area contributed by atoms with Gasteiger partial charge in [0.25, 0.3) is 0 Å². The second kappa shape index (κ2) is 9.89. The first-order valence-corrected chi connectivity index (χ1v) is 13.2. The van der Waals surface area contributed by atoms with Crippen LogP contribution in [-0.2, 0) is 6.54 Å². The average molecular weight is 546 g/mol. The number of carbonyl (C=O) groups is 1. The SMILES string of the molecule is O=C(NC1CC1c1ccccc1)N1CCC(c2cc(NCc3cccnc3)n3ncc(Br)c3n2)CC1. The quantitative estimate of drug-likeness (QED) is 0.358. The number of hydrogen-bond acceptors (Lipinski definition) is 5. The van der Waals surface area contributed by atoms with E-state index in [4.69, 9.17) is 4.98 Å². The van der Waals surface area contributed by atoms with E-state index in [0.29, 0.717) is 12.5 Å². The third-order valence-corrected chi connectivity index (χ3v) is 7.73. The van der Waals surface area contributed by atoms with Gasteiger partial charge in [0, 0.05) is 61.7 Å². The van der Waals surface area contributed by atoms with Crippen LogP contribution in [0.4, 0.5) is 10.6 Å². The van der Waals surface area contributed by atoms with Gasteiger partial charge in [-0.05, 0) is 52.4 Å². The smallest absolute Gasteiger partial charge is 0.317 e. The van der Waals surface area contributed by atoms with E-state index in [1.54, 1.807) is 12.4 Å². The van der Waals surface area contributed by atoms with Gasteiger partial charge in [-0.2, -0.15) is 9.61 Å². The van der Waals surface area contributed by atoms with Crippen molar-refractivity contribution in [3.8, 4) is 0 Å². The lowest BCUT2D eigenvalue weighted by molar-refractivity contribution is 0.180. The van der Waals surface area contributed by atoms with E-state index in [1.165, 1.54) is 5.56 Å². The molecule has 2 aliphatic rings. The molecule has 4 heterocycles. The van der Waals surface area contributed by atoms with Gasteiger partial charge in [-0.3, -0.25) is 4.98 Å². The number of urea groups is 1. The number of rotatable bonds is 6. The molecule has 0 radical (unpaired) electrons. The molecule has 2 N–H and O–H groups in total. The Kier molecular flexibility index (Phi) is 6.31. The fourth-order valence-corrected chi connectivity index (χ4v) is 5.38. The zero-order valence-corrected chi connectivity index (χ0v) is 21.4. The van der Waals surface area contributed by atoms with Crippen LogP contribution in [0.3, 0.4) is 0 Å². The molecule has 8 nitrogen and oxygen atoms in total. The molecule has 2 fully saturated rings. The first kappa shape index (κ1) is 23.0. The van der Waals surface area contributed by atoms with Gasteiger partial charge in [-0.1, -0.05) is 36.4 Å². The minimum absolute atomic E-state index is 0.0534. The van der Waals surface area contributed by atoms with Crippen LogP contribution in [0.2, 0.25) is 0 Å². The fourth-order valence-electron chi connectivity index (χ4n) is 5.04. The normalized spacial score (nSPS) is 19.9. The number of aromatic nitrogens is 4. The zero-order valence-electron chi connectivity index (χ0n) is 19.8. The van der Waals surface area contributed by atoms with Crippen molar-refractivity contribution in [2.75, 3.05) is 18.4 Å². The predicted octanol–water partition coefficient (Wildman–Crippen LogP) is 4.94. The van der Waals surface area contributed by atoms with Crippen molar-refractivity contribution < 1.29 is 4.79 Å². The molecular weight excluding hydrogens is 518 g/mol. The van der Waals surface area contributed by atoms with Gasteiger partial charge < -0.3 is 15.5 Å². The van der Waals surface area contributed by atoms with Crippen molar-refractivity contribution in [3.63, 3.8) is 0 Å². The number of benzene rings is 1. The van der Waals surface area contributed by atoms with Crippen molar-refractivity contribution in [1.29, 1.82) is 0 Å². The third-order valence-electron chi connectivity index (χ3n) is 7.17. The number of pyridine rings is 1. The van der Waals surface area contributed by atoms with Gasteiger partial charge in [0.2, 0.25) is 0 Å².